The normalized spacial score (nSPS) is 17.2. The van der Waals surface area contributed by atoms with E-state index in [1.807, 2.05) is 19.3 Å². The molecule has 106 valence electrons. The van der Waals surface area contributed by atoms with Crippen LogP contribution in [0.4, 0.5) is 5.95 Å². The molecule has 1 fully saturated rings. The van der Waals surface area contributed by atoms with E-state index < -0.39 is 0 Å². The van der Waals surface area contributed by atoms with Crippen LogP contribution in [0.5, 0.6) is 0 Å². The summed E-state index contributed by atoms with van der Waals surface area (Å²) in [5, 5.41) is 3.57. The molecule has 0 aromatic carbocycles. The van der Waals surface area contributed by atoms with Crippen molar-refractivity contribution in [2.24, 2.45) is 11.8 Å². The summed E-state index contributed by atoms with van der Waals surface area (Å²) in [6, 6.07) is 0. The monoisotopic (exact) mass is 262 g/mol. The van der Waals surface area contributed by atoms with Crippen molar-refractivity contribution in [1.29, 1.82) is 0 Å². The summed E-state index contributed by atoms with van der Waals surface area (Å²) in [5.74, 6) is 2.43. The van der Waals surface area contributed by atoms with Crippen LogP contribution in [0.1, 0.15) is 32.3 Å². The number of hydrogen-bond donors (Lipinski definition) is 1. The summed E-state index contributed by atoms with van der Waals surface area (Å²) in [4.78, 5) is 11.1. The lowest BCUT2D eigenvalue weighted by atomic mass is 9.97. The average Bonchev–Trinajstić information content (AvgIpc) is 2.40. The highest BCUT2D eigenvalue weighted by Crippen LogP contribution is 2.19. The summed E-state index contributed by atoms with van der Waals surface area (Å²) in [7, 11) is 0. The Kier molecular flexibility index (Phi) is 5.14. The third kappa shape index (κ3) is 4.46. The van der Waals surface area contributed by atoms with Crippen molar-refractivity contribution in [1.82, 2.24) is 15.3 Å². The molecule has 0 radical (unpaired) electrons. The molecule has 19 heavy (non-hydrogen) atoms. The highest BCUT2D eigenvalue weighted by atomic mass is 15.2. The second-order valence-corrected chi connectivity index (χ2v) is 6.04. The van der Waals surface area contributed by atoms with Crippen LogP contribution in [-0.2, 0) is 0 Å². The minimum Gasteiger partial charge on any atom is -0.341 e. The molecule has 0 amide bonds. The molecule has 0 bridgehead atoms. The SMILES string of the molecule is Cc1cnc(N2CCC(CNCC(C)C)CC2)nc1. The van der Waals surface area contributed by atoms with Crippen LogP contribution in [-0.4, -0.2) is 36.1 Å². The van der Waals surface area contributed by atoms with Gasteiger partial charge < -0.3 is 10.2 Å². The zero-order valence-electron chi connectivity index (χ0n) is 12.4. The maximum Gasteiger partial charge on any atom is 0.225 e. The third-order valence-electron chi connectivity index (χ3n) is 3.65. The topological polar surface area (TPSA) is 41.1 Å². The molecule has 1 aromatic rings. The third-order valence-corrected chi connectivity index (χ3v) is 3.65. The van der Waals surface area contributed by atoms with Crippen LogP contribution in [0, 0.1) is 18.8 Å². The fraction of sp³-hybridized carbons (Fsp3) is 0.733. The van der Waals surface area contributed by atoms with E-state index in [1.54, 1.807) is 0 Å². The van der Waals surface area contributed by atoms with E-state index in [-0.39, 0.29) is 0 Å². The molecular formula is C15H26N4. The van der Waals surface area contributed by atoms with Gasteiger partial charge in [-0.3, -0.25) is 0 Å². The molecule has 4 nitrogen and oxygen atoms in total. The van der Waals surface area contributed by atoms with E-state index in [9.17, 15) is 0 Å². The second kappa shape index (κ2) is 6.85. The fourth-order valence-corrected chi connectivity index (χ4v) is 2.46. The summed E-state index contributed by atoms with van der Waals surface area (Å²) < 4.78 is 0. The first-order valence-corrected chi connectivity index (χ1v) is 7.39. The molecule has 1 aromatic heterocycles. The van der Waals surface area contributed by atoms with Crippen molar-refractivity contribution >= 4 is 5.95 Å². The van der Waals surface area contributed by atoms with Crippen LogP contribution >= 0.6 is 0 Å². The second-order valence-electron chi connectivity index (χ2n) is 6.04. The summed E-state index contributed by atoms with van der Waals surface area (Å²) in [6.45, 7) is 11.0. The standard InChI is InChI=1S/C15H26N4/c1-12(2)8-16-11-14-4-6-19(7-5-14)15-17-9-13(3)10-18-15/h9-10,12,14,16H,4-8,11H2,1-3H3. The van der Waals surface area contributed by atoms with E-state index in [0.717, 1.165) is 49.5 Å². The van der Waals surface area contributed by atoms with E-state index in [1.165, 1.54) is 12.8 Å². The van der Waals surface area contributed by atoms with Crippen LogP contribution in [0.15, 0.2) is 12.4 Å². The Morgan fingerprint density at radius 2 is 1.89 bits per heavy atom. The van der Waals surface area contributed by atoms with Crippen molar-refractivity contribution in [3.05, 3.63) is 18.0 Å². The first-order chi connectivity index (χ1) is 9.15. The molecule has 0 aliphatic carbocycles. The molecule has 0 unspecified atom stereocenters. The van der Waals surface area contributed by atoms with Gasteiger partial charge in [-0.05, 0) is 50.3 Å². The van der Waals surface area contributed by atoms with E-state index >= 15 is 0 Å². The van der Waals surface area contributed by atoms with Gasteiger partial charge in [-0.2, -0.15) is 0 Å². The number of aromatic nitrogens is 2. The summed E-state index contributed by atoms with van der Waals surface area (Å²) >= 11 is 0. The number of anilines is 1. The number of nitrogens with zero attached hydrogens (tertiary/aromatic N) is 3. The number of rotatable bonds is 5. The molecule has 0 atom stereocenters. The zero-order valence-corrected chi connectivity index (χ0v) is 12.4. The first-order valence-electron chi connectivity index (χ1n) is 7.39. The van der Waals surface area contributed by atoms with Gasteiger partial charge in [-0.15, -0.1) is 0 Å². The average molecular weight is 262 g/mol. The maximum atomic E-state index is 4.41. The molecule has 2 heterocycles. The van der Waals surface area contributed by atoms with Gasteiger partial charge in [0.2, 0.25) is 5.95 Å². The van der Waals surface area contributed by atoms with Crippen LogP contribution in [0.2, 0.25) is 0 Å². The predicted molar refractivity (Wildman–Crippen MR) is 79.4 cm³/mol. The Labute approximate surface area is 116 Å². The Balaban J connectivity index is 1.74. The fourth-order valence-electron chi connectivity index (χ4n) is 2.46. The van der Waals surface area contributed by atoms with Gasteiger partial charge in [-0.1, -0.05) is 13.8 Å². The van der Waals surface area contributed by atoms with Crippen LogP contribution in [0.25, 0.3) is 0 Å². The van der Waals surface area contributed by atoms with Gasteiger partial charge in [0.25, 0.3) is 0 Å². The maximum absolute atomic E-state index is 4.41. The lowest BCUT2D eigenvalue weighted by molar-refractivity contribution is 0.372. The number of piperidine rings is 1. The van der Waals surface area contributed by atoms with E-state index in [4.69, 9.17) is 0 Å². The van der Waals surface area contributed by atoms with Gasteiger partial charge in [0.15, 0.2) is 0 Å². The van der Waals surface area contributed by atoms with Crippen molar-refractivity contribution < 1.29 is 0 Å². The van der Waals surface area contributed by atoms with Crippen LogP contribution < -0.4 is 10.2 Å². The summed E-state index contributed by atoms with van der Waals surface area (Å²) in [5.41, 5.74) is 1.12. The van der Waals surface area contributed by atoms with Gasteiger partial charge in [0.1, 0.15) is 0 Å². The minimum atomic E-state index is 0.737. The van der Waals surface area contributed by atoms with Gasteiger partial charge >= 0.3 is 0 Å². The van der Waals surface area contributed by atoms with Gasteiger partial charge in [0, 0.05) is 25.5 Å². The molecule has 0 spiro atoms. The van der Waals surface area contributed by atoms with Crippen LogP contribution in [0.3, 0.4) is 0 Å². The molecule has 1 saturated heterocycles. The van der Waals surface area contributed by atoms with Gasteiger partial charge in [0.05, 0.1) is 0 Å². The molecule has 1 N–H and O–H groups in total. The molecule has 1 aliphatic heterocycles. The Morgan fingerprint density at radius 3 is 2.47 bits per heavy atom. The van der Waals surface area contributed by atoms with Crippen molar-refractivity contribution in [2.45, 2.75) is 33.6 Å². The Hall–Kier alpha value is -1.16. The van der Waals surface area contributed by atoms with E-state index in [0.29, 0.717) is 0 Å². The molecular weight excluding hydrogens is 236 g/mol. The molecule has 1 aliphatic rings. The predicted octanol–water partition coefficient (Wildman–Crippen LogP) is 2.25. The lowest BCUT2D eigenvalue weighted by Gasteiger charge is -2.32. The molecule has 4 heteroatoms. The van der Waals surface area contributed by atoms with Crippen molar-refractivity contribution in [3.63, 3.8) is 0 Å². The summed E-state index contributed by atoms with van der Waals surface area (Å²) in [6.07, 6.45) is 6.28. The van der Waals surface area contributed by atoms with Crippen molar-refractivity contribution in [3.8, 4) is 0 Å². The Bertz CT molecular complexity index is 366. The molecule has 2 rings (SSSR count). The smallest absolute Gasteiger partial charge is 0.225 e. The highest BCUT2D eigenvalue weighted by molar-refractivity contribution is 5.30. The highest BCUT2D eigenvalue weighted by Gasteiger charge is 2.20. The lowest BCUT2D eigenvalue weighted by Crippen LogP contribution is -2.38. The largest absolute Gasteiger partial charge is 0.341 e. The first kappa shape index (κ1) is 14.3. The minimum absolute atomic E-state index is 0.737. The number of hydrogen-bond acceptors (Lipinski definition) is 4. The van der Waals surface area contributed by atoms with Crippen molar-refractivity contribution in [2.75, 3.05) is 31.1 Å². The number of nitrogens with one attached hydrogen (secondary N) is 1. The quantitative estimate of drug-likeness (QED) is 0.883. The zero-order chi connectivity index (χ0) is 13.7. The number of aryl methyl sites for hydroxylation is 1. The van der Waals surface area contributed by atoms with Gasteiger partial charge in [-0.25, -0.2) is 9.97 Å². The van der Waals surface area contributed by atoms with E-state index in [2.05, 4.69) is 34.0 Å². The Morgan fingerprint density at radius 1 is 1.26 bits per heavy atom. The molecule has 0 saturated carbocycles.